The van der Waals surface area contributed by atoms with Crippen LogP contribution in [0, 0.1) is 5.41 Å². The lowest BCUT2D eigenvalue weighted by atomic mass is 9.84. The molecular formula is C13H12N2O. The fourth-order valence-electron chi connectivity index (χ4n) is 2.36. The van der Waals surface area contributed by atoms with E-state index < -0.39 is 0 Å². The summed E-state index contributed by atoms with van der Waals surface area (Å²) in [5.74, 6) is 1.11. The first-order valence-corrected chi connectivity index (χ1v) is 5.26. The van der Waals surface area contributed by atoms with Gasteiger partial charge >= 0.3 is 0 Å². The van der Waals surface area contributed by atoms with Crippen LogP contribution in [0.2, 0.25) is 0 Å². The van der Waals surface area contributed by atoms with Crippen LogP contribution in [0.15, 0.2) is 48.1 Å². The van der Waals surface area contributed by atoms with Gasteiger partial charge in [0.05, 0.1) is 5.92 Å². The molecule has 1 aromatic rings. The smallest absolute Gasteiger partial charge is 0.128 e. The molecule has 1 heterocycles. The van der Waals surface area contributed by atoms with Gasteiger partial charge in [-0.05, 0) is 12.1 Å². The van der Waals surface area contributed by atoms with Crippen molar-refractivity contribution >= 4 is 5.84 Å². The van der Waals surface area contributed by atoms with E-state index in [2.05, 4.69) is 0 Å². The van der Waals surface area contributed by atoms with Crippen molar-refractivity contribution in [3.8, 4) is 5.75 Å². The Morgan fingerprint density at radius 3 is 2.94 bits per heavy atom. The van der Waals surface area contributed by atoms with Crippen LogP contribution in [0.25, 0.3) is 0 Å². The standard InChI is InChI=1S/C13H12N2O/c14-13(15)9-5-3-7-11-12(9)8-4-1-2-6-10(8)16-11/h1-7,11-12H,(H3,14,15). The lowest BCUT2D eigenvalue weighted by Gasteiger charge is -2.21. The molecule has 0 saturated heterocycles. The molecule has 80 valence electrons. The molecule has 3 nitrogen and oxygen atoms in total. The first-order chi connectivity index (χ1) is 7.77. The van der Waals surface area contributed by atoms with E-state index in [1.54, 1.807) is 0 Å². The van der Waals surface area contributed by atoms with Crippen molar-refractivity contribution in [2.75, 3.05) is 0 Å². The second-order valence-electron chi connectivity index (χ2n) is 4.02. The minimum Gasteiger partial charge on any atom is -0.485 e. The van der Waals surface area contributed by atoms with Crippen LogP contribution >= 0.6 is 0 Å². The first-order valence-electron chi connectivity index (χ1n) is 5.26. The van der Waals surface area contributed by atoms with Crippen molar-refractivity contribution in [1.82, 2.24) is 0 Å². The summed E-state index contributed by atoms with van der Waals surface area (Å²) < 4.78 is 5.81. The Labute approximate surface area is 93.7 Å². The predicted molar refractivity (Wildman–Crippen MR) is 62.7 cm³/mol. The Morgan fingerprint density at radius 1 is 1.31 bits per heavy atom. The molecule has 2 unspecified atom stereocenters. The van der Waals surface area contributed by atoms with Crippen molar-refractivity contribution in [2.45, 2.75) is 12.0 Å². The molecule has 0 bridgehead atoms. The lowest BCUT2D eigenvalue weighted by molar-refractivity contribution is 0.267. The van der Waals surface area contributed by atoms with Gasteiger partial charge in [-0.15, -0.1) is 0 Å². The van der Waals surface area contributed by atoms with Gasteiger partial charge in [0.25, 0.3) is 0 Å². The summed E-state index contributed by atoms with van der Waals surface area (Å²) >= 11 is 0. The highest BCUT2D eigenvalue weighted by molar-refractivity contribution is 5.97. The summed E-state index contributed by atoms with van der Waals surface area (Å²) in [7, 11) is 0. The summed E-state index contributed by atoms with van der Waals surface area (Å²) in [5, 5.41) is 7.60. The molecular weight excluding hydrogens is 200 g/mol. The van der Waals surface area contributed by atoms with Crippen molar-refractivity contribution in [3.63, 3.8) is 0 Å². The van der Waals surface area contributed by atoms with Gasteiger partial charge in [-0.2, -0.15) is 0 Å². The zero-order valence-corrected chi connectivity index (χ0v) is 8.68. The Bertz CT molecular complexity index is 516. The molecule has 0 aromatic heterocycles. The number of amidine groups is 1. The number of benzene rings is 1. The molecule has 2 atom stereocenters. The number of nitrogens with one attached hydrogen (secondary N) is 1. The molecule has 0 fully saturated rings. The number of rotatable bonds is 1. The van der Waals surface area contributed by atoms with Gasteiger partial charge in [-0.25, -0.2) is 0 Å². The SMILES string of the molecule is N=C(N)C1=CC=CC2Oc3ccccc3C12. The highest BCUT2D eigenvalue weighted by Gasteiger charge is 2.37. The Balaban J connectivity index is 2.12. The normalized spacial score (nSPS) is 25.4. The molecule has 3 heteroatoms. The number of ether oxygens (including phenoxy) is 1. The number of allylic oxidation sites excluding steroid dienone is 2. The van der Waals surface area contributed by atoms with E-state index in [0.717, 1.165) is 16.9 Å². The number of para-hydroxylation sites is 1. The maximum atomic E-state index is 7.60. The van der Waals surface area contributed by atoms with Crippen molar-refractivity contribution in [3.05, 3.63) is 53.6 Å². The van der Waals surface area contributed by atoms with E-state index >= 15 is 0 Å². The molecule has 0 spiro atoms. The maximum Gasteiger partial charge on any atom is 0.128 e. The van der Waals surface area contributed by atoms with Gasteiger partial charge in [0.1, 0.15) is 17.7 Å². The minimum atomic E-state index is -0.0127. The van der Waals surface area contributed by atoms with Crippen LogP contribution in [0.5, 0.6) is 5.75 Å². The third kappa shape index (κ3) is 1.18. The molecule has 16 heavy (non-hydrogen) atoms. The fraction of sp³-hybridized carbons (Fsp3) is 0.154. The van der Waals surface area contributed by atoms with E-state index in [1.807, 2.05) is 42.5 Å². The van der Waals surface area contributed by atoms with Crippen LogP contribution in [-0.4, -0.2) is 11.9 Å². The number of fused-ring (bicyclic) bond motifs is 3. The molecule has 2 aliphatic rings. The van der Waals surface area contributed by atoms with Crippen molar-refractivity contribution in [2.24, 2.45) is 5.73 Å². The summed E-state index contributed by atoms with van der Waals surface area (Å²) in [4.78, 5) is 0. The molecule has 1 aliphatic heterocycles. The van der Waals surface area contributed by atoms with Gasteiger partial charge in [0.15, 0.2) is 0 Å². The number of hydrogen-bond donors (Lipinski definition) is 2. The van der Waals surface area contributed by atoms with E-state index in [1.165, 1.54) is 0 Å². The average molecular weight is 212 g/mol. The van der Waals surface area contributed by atoms with Crippen LogP contribution in [0.4, 0.5) is 0 Å². The number of hydrogen-bond acceptors (Lipinski definition) is 2. The number of nitrogens with two attached hydrogens (primary N) is 1. The first kappa shape index (κ1) is 9.21. The Kier molecular flexibility index (Phi) is 1.86. The second kappa shape index (κ2) is 3.23. The predicted octanol–water partition coefficient (Wildman–Crippen LogP) is 1.96. The third-order valence-electron chi connectivity index (χ3n) is 3.07. The molecule has 0 saturated carbocycles. The molecule has 0 radical (unpaired) electrons. The zero-order valence-electron chi connectivity index (χ0n) is 8.68. The molecule has 0 amide bonds. The Hall–Kier alpha value is -2.03. The van der Waals surface area contributed by atoms with Gasteiger partial charge in [0.2, 0.25) is 0 Å². The van der Waals surface area contributed by atoms with E-state index in [4.69, 9.17) is 15.9 Å². The minimum absolute atomic E-state index is 0.0127. The summed E-state index contributed by atoms with van der Waals surface area (Å²) in [6.07, 6.45) is 5.80. The monoisotopic (exact) mass is 212 g/mol. The van der Waals surface area contributed by atoms with Gasteiger partial charge in [0, 0.05) is 11.1 Å². The molecule has 1 aromatic carbocycles. The fourth-order valence-corrected chi connectivity index (χ4v) is 2.36. The summed E-state index contributed by atoms with van der Waals surface area (Å²) in [5.41, 5.74) is 7.57. The van der Waals surface area contributed by atoms with Crippen LogP contribution in [-0.2, 0) is 0 Å². The molecule has 1 aliphatic carbocycles. The van der Waals surface area contributed by atoms with Crippen LogP contribution < -0.4 is 10.5 Å². The summed E-state index contributed by atoms with van der Waals surface area (Å²) in [6.45, 7) is 0. The van der Waals surface area contributed by atoms with E-state index in [9.17, 15) is 0 Å². The van der Waals surface area contributed by atoms with Crippen molar-refractivity contribution in [1.29, 1.82) is 5.41 Å². The average Bonchev–Trinajstić information content (AvgIpc) is 2.66. The summed E-state index contributed by atoms with van der Waals surface area (Å²) in [6, 6.07) is 7.94. The van der Waals surface area contributed by atoms with E-state index in [-0.39, 0.29) is 17.9 Å². The third-order valence-corrected chi connectivity index (χ3v) is 3.07. The Morgan fingerprint density at radius 2 is 2.12 bits per heavy atom. The largest absolute Gasteiger partial charge is 0.485 e. The lowest BCUT2D eigenvalue weighted by Crippen LogP contribution is -2.27. The molecule has 3 rings (SSSR count). The highest BCUT2D eigenvalue weighted by atomic mass is 16.5. The van der Waals surface area contributed by atoms with E-state index in [0.29, 0.717) is 0 Å². The zero-order chi connectivity index (χ0) is 11.1. The quantitative estimate of drug-likeness (QED) is 0.552. The molecule has 3 N–H and O–H groups in total. The highest BCUT2D eigenvalue weighted by Crippen LogP contribution is 2.44. The van der Waals surface area contributed by atoms with Crippen LogP contribution in [0.3, 0.4) is 0 Å². The van der Waals surface area contributed by atoms with Gasteiger partial charge in [-0.1, -0.05) is 30.4 Å². The van der Waals surface area contributed by atoms with Gasteiger partial charge < -0.3 is 10.5 Å². The van der Waals surface area contributed by atoms with Gasteiger partial charge in [-0.3, -0.25) is 5.41 Å². The maximum absolute atomic E-state index is 7.60. The second-order valence-corrected chi connectivity index (χ2v) is 4.02. The topological polar surface area (TPSA) is 59.1 Å². The van der Waals surface area contributed by atoms with Crippen LogP contribution in [0.1, 0.15) is 11.5 Å². The van der Waals surface area contributed by atoms with Crippen molar-refractivity contribution < 1.29 is 4.74 Å².